The van der Waals surface area contributed by atoms with E-state index in [1.807, 2.05) is 0 Å². The monoisotopic (exact) mass is 293 g/mol. The number of benzene rings is 1. The molecule has 0 aliphatic heterocycles. The molecule has 0 unspecified atom stereocenters. The first-order chi connectivity index (χ1) is 9.60. The maximum absolute atomic E-state index is 11.1. The van der Waals surface area contributed by atoms with Gasteiger partial charge in [-0.3, -0.25) is 20.8 Å². The molecule has 0 saturated carbocycles. The minimum Gasteiger partial charge on any atom is -0.324 e. The molecule has 1 heterocycles. The maximum atomic E-state index is 11.1. The van der Waals surface area contributed by atoms with Gasteiger partial charge in [-0.15, -0.1) is 0 Å². The summed E-state index contributed by atoms with van der Waals surface area (Å²) < 4.78 is 0. The number of nitrogen functional groups attached to an aromatic ring is 1. The number of nitrogens with zero attached hydrogens (tertiary/aromatic N) is 2. The molecule has 2 aromatic rings. The van der Waals surface area contributed by atoms with Crippen molar-refractivity contribution in [3.05, 3.63) is 56.5 Å². The highest BCUT2D eigenvalue weighted by Crippen LogP contribution is 2.27. The molecule has 0 spiro atoms. The van der Waals surface area contributed by atoms with E-state index in [4.69, 9.17) is 5.84 Å². The normalized spacial score (nSPS) is 10.2. The van der Waals surface area contributed by atoms with Crippen molar-refractivity contribution in [3.63, 3.8) is 0 Å². The van der Waals surface area contributed by atoms with Crippen LogP contribution in [0.4, 0.5) is 11.4 Å². The molecule has 9 heteroatoms. The van der Waals surface area contributed by atoms with E-state index in [1.165, 1.54) is 42.2 Å². The number of H-pyrrole nitrogens is 1. The Morgan fingerprint density at radius 2 is 2.25 bits per heavy atom. The number of thioether (sulfide) groups is 1. The first kappa shape index (κ1) is 14.0. The van der Waals surface area contributed by atoms with E-state index in [2.05, 4.69) is 15.4 Å². The molecule has 0 atom stereocenters. The minimum atomic E-state index is -0.475. The average Bonchev–Trinajstić information content (AvgIpc) is 2.44. The lowest BCUT2D eigenvalue weighted by molar-refractivity contribution is -0.384. The van der Waals surface area contributed by atoms with Gasteiger partial charge >= 0.3 is 0 Å². The van der Waals surface area contributed by atoms with Crippen LogP contribution >= 0.6 is 11.8 Å². The number of rotatable bonds is 5. The molecule has 0 saturated heterocycles. The summed E-state index contributed by atoms with van der Waals surface area (Å²) >= 11 is 1.25. The van der Waals surface area contributed by atoms with Gasteiger partial charge in [-0.25, -0.2) is 4.98 Å². The molecule has 1 aromatic carbocycles. The van der Waals surface area contributed by atoms with Gasteiger partial charge in [0.1, 0.15) is 0 Å². The summed E-state index contributed by atoms with van der Waals surface area (Å²) in [5.74, 6) is 5.75. The third-order valence-corrected chi connectivity index (χ3v) is 3.40. The van der Waals surface area contributed by atoms with Gasteiger partial charge in [0.25, 0.3) is 11.2 Å². The summed E-state index contributed by atoms with van der Waals surface area (Å²) in [6.45, 7) is 0. The summed E-state index contributed by atoms with van der Waals surface area (Å²) in [7, 11) is 0. The van der Waals surface area contributed by atoms with Crippen molar-refractivity contribution in [2.45, 2.75) is 10.9 Å². The van der Waals surface area contributed by atoms with Gasteiger partial charge in [-0.1, -0.05) is 11.8 Å². The molecule has 0 bridgehead atoms. The predicted molar refractivity (Wildman–Crippen MR) is 75.3 cm³/mol. The number of aromatic nitrogens is 2. The fourth-order valence-electron chi connectivity index (χ4n) is 1.53. The van der Waals surface area contributed by atoms with Gasteiger partial charge in [0, 0.05) is 30.1 Å². The maximum Gasteiger partial charge on any atom is 0.269 e. The zero-order valence-electron chi connectivity index (χ0n) is 10.2. The van der Waals surface area contributed by atoms with Crippen LogP contribution < -0.4 is 16.8 Å². The molecule has 0 amide bonds. The summed E-state index contributed by atoms with van der Waals surface area (Å²) in [5.41, 5.74) is 3.45. The number of nitrogens with one attached hydrogen (secondary N) is 2. The molecule has 20 heavy (non-hydrogen) atoms. The second kappa shape index (κ2) is 6.17. The van der Waals surface area contributed by atoms with Crippen LogP contribution in [0.15, 0.2) is 40.4 Å². The molecule has 2 rings (SSSR count). The molecule has 4 N–H and O–H groups in total. The van der Waals surface area contributed by atoms with Crippen LogP contribution in [0.3, 0.4) is 0 Å². The zero-order valence-corrected chi connectivity index (χ0v) is 11.0. The van der Waals surface area contributed by atoms with Crippen molar-refractivity contribution in [1.29, 1.82) is 0 Å². The number of nitrogens with two attached hydrogens (primary N) is 1. The summed E-state index contributed by atoms with van der Waals surface area (Å²) in [5, 5.41) is 11.2. The number of nitro benzene ring substituents is 1. The van der Waals surface area contributed by atoms with Gasteiger partial charge < -0.3 is 10.4 Å². The van der Waals surface area contributed by atoms with Crippen LogP contribution in [0.25, 0.3) is 0 Å². The molecule has 0 radical (unpaired) electrons. The molecule has 0 aliphatic rings. The van der Waals surface area contributed by atoms with Gasteiger partial charge in [0.15, 0.2) is 5.16 Å². The van der Waals surface area contributed by atoms with Gasteiger partial charge in [-0.05, 0) is 11.6 Å². The zero-order chi connectivity index (χ0) is 14.5. The van der Waals surface area contributed by atoms with Crippen LogP contribution in [-0.4, -0.2) is 14.9 Å². The second-order valence-electron chi connectivity index (χ2n) is 3.77. The standard InChI is InChI=1S/C11H11N5O3S/c12-15-9-2-1-8(16(18)19)5-7(9)6-20-11-13-4-3-10(17)14-11/h1-5,15H,6,12H2,(H,13,14,17). The summed E-state index contributed by atoms with van der Waals surface area (Å²) in [6, 6.07) is 5.65. The number of hydrazine groups is 1. The van der Waals surface area contributed by atoms with Crippen molar-refractivity contribution in [2.24, 2.45) is 5.84 Å². The Hall–Kier alpha value is -2.39. The highest BCUT2D eigenvalue weighted by atomic mass is 32.2. The molecule has 1 aromatic heterocycles. The average molecular weight is 293 g/mol. The Morgan fingerprint density at radius 1 is 1.45 bits per heavy atom. The number of hydrogen-bond donors (Lipinski definition) is 3. The highest BCUT2D eigenvalue weighted by Gasteiger charge is 2.11. The van der Waals surface area contributed by atoms with Crippen molar-refractivity contribution in [2.75, 3.05) is 5.43 Å². The van der Waals surface area contributed by atoms with Crippen molar-refractivity contribution < 1.29 is 4.92 Å². The van der Waals surface area contributed by atoms with Gasteiger partial charge in [-0.2, -0.15) is 0 Å². The van der Waals surface area contributed by atoms with Crippen LogP contribution in [-0.2, 0) is 5.75 Å². The van der Waals surface area contributed by atoms with E-state index < -0.39 is 4.92 Å². The largest absolute Gasteiger partial charge is 0.324 e. The Kier molecular flexibility index (Phi) is 4.33. The second-order valence-corrected chi connectivity index (χ2v) is 4.73. The fraction of sp³-hybridized carbons (Fsp3) is 0.0909. The first-order valence-electron chi connectivity index (χ1n) is 5.52. The number of aromatic amines is 1. The topological polar surface area (TPSA) is 127 Å². The number of anilines is 1. The van der Waals surface area contributed by atoms with Crippen LogP contribution in [0.2, 0.25) is 0 Å². The van der Waals surface area contributed by atoms with Crippen LogP contribution in [0, 0.1) is 10.1 Å². The number of non-ortho nitro benzene ring substituents is 1. The lowest BCUT2D eigenvalue weighted by atomic mass is 10.2. The Morgan fingerprint density at radius 3 is 2.90 bits per heavy atom. The smallest absolute Gasteiger partial charge is 0.269 e. The lowest BCUT2D eigenvalue weighted by Crippen LogP contribution is -2.09. The summed E-state index contributed by atoms with van der Waals surface area (Å²) in [6.07, 6.45) is 1.40. The van der Waals surface area contributed by atoms with E-state index in [1.54, 1.807) is 0 Å². The SMILES string of the molecule is NNc1ccc([N+](=O)[O-])cc1CSc1nccc(=O)[nH]1. The fourth-order valence-corrected chi connectivity index (χ4v) is 2.36. The van der Waals surface area contributed by atoms with Gasteiger partial charge in [0.05, 0.1) is 10.6 Å². The van der Waals surface area contributed by atoms with Crippen molar-refractivity contribution in [1.82, 2.24) is 9.97 Å². The molecule has 0 aliphatic carbocycles. The van der Waals surface area contributed by atoms with Crippen LogP contribution in [0.1, 0.15) is 5.56 Å². The Bertz CT molecular complexity index is 688. The van der Waals surface area contributed by atoms with Crippen LogP contribution in [0.5, 0.6) is 0 Å². The minimum absolute atomic E-state index is 0.0193. The molecular weight excluding hydrogens is 282 g/mol. The van der Waals surface area contributed by atoms with E-state index in [0.717, 1.165) is 0 Å². The van der Waals surface area contributed by atoms with Gasteiger partial charge in [0.2, 0.25) is 0 Å². The van der Waals surface area contributed by atoms with E-state index in [-0.39, 0.29) is 11.2 Å². The molecular formula is C11H11N5O3S. The van der Waals surface area contributed by atoms with E-state index in [0.29, 0.717) is 22.2 Å². The molecule has 8 nitrogen and oxygen atoms in total. The van der Waals surface area contributed by atoms with Crippen molar-refractivity contribution in [3.8, 4) is 0 Å². The highest BCUT2D eigenvalue weighted by molar-refractivity contribution is 7.98. The van der Waals surface area contributed by atoms with E-state index >= 15 is 0 Å². The molecule has 104 valence electrons. The first-order valence-corrected chi connectivity index (χ1v) is 6.51. The van der Waals surface area contributed by atoms with Crippen molar-refractivity contribution >= 4 is 23.1 Å². The third kappa shape index (κ3) is 3.33. The number of nitro groups is 1. The Labute approximate surface area is 117 Å². The lowest BCUT2D eigenvalue weighted by Gasteiger charge is -2.08. The molecule has 0 fully saturated rings. The quantitative estimate of drug-likeness (QED) is 0.249. The predicted octanol–water partition coefficient (Wildman–Crippen LogP) is 1.26. The third-order valence-electron chi connectivity index (χ3n) is 2.47. The number of hydrogen-bond acceptors (Lipinski definition) is 7. The summed E-state index contributed by atoms with van der Waals surface area (Å²) in [4.78, 5) is 28.0. The van der Waals surface area contributed by atoms with E-state index in [9.17, 15) is 14.9 Å². The Balaban J connectivity index is 2.21.